The molecule has 0 radical (unpaired) electrons. The fourth-order valence-electron chi connectivity index (χ4n) is 3.08. The van der Waals surface area contributed by atoms with E-state index in [9.17, 15) is 13.2 Å². The third-order valence-electron chi connectivity index (χ3n) is 4.64. The van der Waals surface area contributed by atoms with E-state index < -0.39 is 10.0 Å². The van der Waals surface area contributed by atoms with Crippen LogP contribution in [0.2, 0.25) is 0 Å². The van der Waals surface area contributed by atoms with E-state index in [1.54, 1.807) is 35.2 Å². The van der Waals surface area contributed by atoms with Crippen LogP contribution in [-0.2, 0) is 21.2 Å². The summed E-state index contributed by atoms with van der Waals surface area (Å²) < 4.78 is 26.7. The summed E-state index contributed by atoms with van der Waals surface area (Å²) in [5, 5.41) is 0. The fraction of sp³-hybridized carbons (Fsp3) is 0.316. The number of aryl methyl sites for hydroxylation is 1. The van der Waals surface area contributed by atoms with Crippen molar-refractivity contribution >= 4 is 21.6 Å². The summed E-state index contributed by atoms with van der Waals surface area (Å²) in [6.45, 7) is 1.46. The zero-order chi connectivity index (χ0) is 18.6. The van der Waals surface area contributed by atoms with E-state index in [0.717, 1.165) is 5.56 Å². The van der Waals surface area contributed by atoms with E-state index in [-0.39, 0.29) is 5.91 Å². The molecule has 0 unspecified atom stereocenters. The van der Waals surface area contributed by atoms with Crippen LogP contribution in [0.3, 0.4) is 0 Å². The van der Waals surface area contributed by atoms with Gasteiger partial charge >= 0.3 is 0 Å². The molecule has 0 atom stereocenters. The molecule has 1 amide bonds. The second-order valence-electron chi connectivity index (χ2n) is 6.30. The molecule has 6 nitrogen and oxygen atoms in total. The molecule has 1 aliphatic rings. The van der Waals surface area contributed by atoms with E-state index in [0.29, 0.717) is 49.6 Å². The first-order valence-corrected chi connectivity index (χ1v) is 10.1. The van der Waals surface area contributed by atoms with Crippen LogP contribution in [0.1, 0.15) is 12.0 Å². The van der Waals surface area contributed by atoms with E-state index >= 15 is 0 Å². The Morgan fingerprint density at radius 2 is 1.54 bits per heavy atom. The maximum Gasteiger partial charge on any atom is 0.243 e. The predicted octanol–water partition coefficient (Wildman–Crippen LogP) is 1.73. The standard InChI is InChI=1S/C19H23N3O3S/c20-18-9-5-4-6-16(18)10-11-19(23)21-12-14-22(15-13-21)26(24,25)17-7-2-1-3-8-17/h1-9H,10-15,20H2. The third kappa shape index (κ3) is 4.05. The maximum atomic E-state index is 12.6. The Labute approximate surface area is 154 Å². The average molecular weight is 373 g/mol. The predicted molar refractivity (Wildman–Crippen MR) is 101 cm³/mol. The van der Waals surface area contributed by atoms with Crippen molar-refractivity contribution in [1.82, 2.24) is 9.21 Å². The Balaban J connectivity index is 1.55. The molecular formula is C19H23N3O3S. The molecule has 138 valence electrons. The molecule has 1 heterocycles. The fourth-order valence-corrected chi connectivity index (χ4v) is 4.52. The van der Waals surface area contributed by atoms with Crippen LogP contribution >= 0.6 is 0 Å². The average Bonchev–Trinajstić information content (AvgIpc) is 2.68. The molecule has 3 rings (SSSR count). The molecule has 0 aromatic heterocycles. The van der Waals surface area contributed by atoms with Crippen molar-refractivity contribution in [3.05, 3.63) is 60.2 Å². The van der Waals surface area contributed by atoms with E-state index in [2.05, 4.69) is 0 Å². The summed E-state index contributed by atoms with van der Waals surface area (Å²) in [7, 11) is -3.49. The first-order valence-electron chi connectivity index (χ1n) is 8.65. The molecule has 0 bridgehead atoms. The normalized spacial score (nSPS) is 15.8. The number of carbonyl (C=O) groups excluding carboxylic acids is 1. The second-order valence-corrected chi connectivity index (χ2v) is 8.23. The summed E-state index contributed by atoms with van der Waals surface area (Å²) in [6, 6.07) is 15.9. The smallest absolute Gasteiger partial charge is 0.243 e. The van der Waals surface area contributed by atoms with Gasteiger partial charge in [-0.2, -0.15) is 4.31 Å². The molecule has 2 N–H and O–H groups in total. The highest BCUT2D eigenvalue weighted by Crippen LogP contribution is 2.18. The first kappa shape index (κ1) is 18.4. The molecular weight excluding hydrogens is 350 g/mol. The molecule has 1 fully saturated rings. The van der Waals surface area contributed by atoms with Crippen molar-refractivity contribution in [2.45, 2.75) is 17.7 Å². The lowest BCUT2D eigenvalue weighted by Crippen LogP contribution is -2.50. The van der Waals surface area contributed by atoms with Crippen LogP contribution in [-0.4, -0.2) is 49.7 Å². The number of hydrogen-bond acceptors (Lipinski definition) is 4. The molecule has 2 aromatic rings. The Bertz CT molecular complexity index is 861. The van der Waals surface area contributed by atoms with Gasteiger partial charge in [0.15, 0.2) is 0 Å². The lowest BCUT2D eigenvalue weighted by atomic mass is 10.1. The third-order valence-corrected chi connectivity index (χ3v) is 6.55. The molecule has 1 aliphatic heterocycles. The lowest BCUT2D eigenvalue weighted by molar-refractivity contribution is -0.132. The zero-order valence-corrected chi connectivity index (χ0v) is 15.4. The van der Waals surface area contributed by atoms with Crippen LogP contribution in [0.15, 0.2) is 59.5 Å². The summed E-state index contributed by atoms with van der Waals surface area (Å²) in [5.74, 6) is 0.0324. The van der Waals surface area contributed by atoms with Crippen molar-refractivity contribution in [2.24, 2.45) is 0 Å². The Hall–Kier alpha value is -2.38. The largest absolute Gasteiger partial charge is 0.399 e. The van der Waals surface area contributed by atoms with Crippen LogP contribution in [0.5, 0.6) is 0 Å². The van der Waals surface area contributed by atoms with Gasteiger partial charge in [0.25, 0.3) is 0 Å². The number of piperazine rings is 1. The monoisotopic (exact) mass is 373 g/mol. The van der Waals surface area contributed by atoms with E-state index in [4.69, 9.17) is 5.73 Å². The minimum Gasteiger partial charge on any atom is -0.399 e. The first-order chi connectivity index (χ1) is 12.5. The summed E-state index contributed by atoms with van der Waals surface area (Å²) >= 11 is 0. The number of para-hydroxylation sites is 1. The molecule has 26 heavy (non-hydrogen) atoms. The highest BCUT2D eigenvalue weighted by atomic mass is 32.2. The second kappa shape index (κ2) is 7.88. The van der Waals surface area contributed by atoms with E-state index in [1.807, 2.05) is 24.3 Å². The Morgan fingerprint density at radius 3 is 2.19 bits per heavy atom. The van der Waals surface area contributed by atoms with Crippen molar-refractivity contribution in [1.29, 1.82) is 0 Å². The zero-order valence-electron chi connectivity index (χ0n) is 14.5. The summed E-state index contributed by atoms with van der Waals surface area (Å²) in [4.78, 5) is 14.4. The topological polar surface area (TPSA) is 83.7 Å². The number of hydrogen-bond donors (Lipinski definition) is 1. The van der Waals surface area contributed by atoms with Gasteiger partial charge in [0.2, 0.25) is 15.9 Å². The number of nitrogens with two attached hydrogens (primary N) is 1. The number of sulfonamides is 1. The van der Waals surface area contributed by atoms with Crippen LogP contribution in [0.25, 0.3) is 0 Å². The molecule has 0 aliphatic carbocycles. The van der Waals surface area contributed by atoms with Gasteiger partial charge in [-0.15, -0.1) is 0 Å². The van der Waals surface area contributed by atoms with Crippen molar-refractivity contribution < 1.29 is 13.2 Å². The number of nitrogen functional groups attached to an aromatic ring is 1. The van der Waals surface area contributed by atoms with Crippen molar-refractivity contribution in [3.63, 3.8) is 0 Å². The highest BCUT2D eigenvalue weighted by molar-refractivity contribution is 7.89. The van der Waals surface area contributed by atoms with Gasteiger partial charge in [0, 0.05) is 38.3 Å². The van der Waals surface area contributed by atoms with Gasteiger partial charge in [0.05, 0.1) is 4.90 Å². The van der Waals surface area contributed by atoms with Gasteiger partial charge < -0.3 is 10.6 Å². The number of nitrogens with zero attached hydrogens (tertiary/aromatic N) is 2. The number of anilines is 1. The maximum absolute atomic E-state index is 12.6. The lowest BCUT2D eigenvalue weighted by Gasteiger charge is -2.34. The number of carbonyl (C=O) groups is 1. The molecule has 2 aromatic carbocycles. The molecule has 7 heteroatoms. The van der Waals surface area contributed by atoms with E-state index in [1.165, 1.54) is 4.31 Å². The van der Waals surface area contributed by atoms with Crippen molar-refractivity contribution in [2.75, 3.05) is 31.9 Å². The van der Waals surface area contributed by atoms with Gasteiger partial charge in [-0.25, -0.2) is 8.42 Å². The van der Waals surface area contributed by atoms with Gasteiger partial charge in [-0.05, 0) is 30.2 Å². The van der Waals surface area contributed by atoms with Crippen LogP contribution in [0.4, 0.5) is 5.69 Å². The van der Waals surface area contributed by atoms with Gasteiger partial charge in [-0.3, -0.25) is 4.79 Å². The SMILES string of the molecule is Nc1ccccc1CCC(=O)N1CCN(S(=O)(=O)c2ccccc2)CC1. The Kier molecular flexibility index (Phi) is 5.58. The molecule has 0 saturated carbocycles. The minimum absolute atomic E-state index is 0.0324. The molecule has 0 spiro atoms. The Morgan fingerprint density at radius 1 is 0.923 bits per heavy atom. The quantitative estimate of drug-likeness (QED) is 0.809. The molecule has 1 saturated heterocycles. The number of amides is 1. The number of benzene rings is 2. The highest BCUT2D eigenvalue weighted by Gasteiger charge is 2.29. The summed E-state index contributed by atoms with van der Waals surface area (Å²) in [5.41, 5.74) is 7.57. The van der Waals surface area contributed by atoms with Gasteiger partial charge in [0.1, 0.15) is 0 Å². The number of rotatable bonds is 5. The van der Waals surface area contributed by atoms with Gasteiger partial charge in [-0.1, -0.05) is 36.4 Å². The minimum atomic E-state index is -3.49. The van der Waals surface area contributed by atoms with Crippen molar-refractivity contribution in [3.8, 4) is 0 Å². The summed E-state index contributed by atoms with van der Waals surface area (Å²) in [6.07, 6.45) is 0.966. The van der Waals surface area contributed by atoms with Crippen LogP contribution in [0, 0.1) is 0 Å². The van der Waals surface area contributed by atoms with Crippen LogP contribution < -0.4 is 5.73 Å².